The van der Waals surface area contributed by atoms with Crippen LogP contribution in [-0.4, -0.2) is 43.4 Å². The molecule has 0 N–H and O–H groups in total. The van der Waals surface area contributed by atoms with Gasteiger partial charge in [0.2, 0.25) is 0 Å². The average Bonchev–Trinajstić information content (AvgIpc) is 2.63. The van der Waals surface area contributed by atoms with Gasteiger partial charge < -0.3 is 14.0 Å². The van der Waals surface area contributed by atoms with E-state index in [1.807, 2.05) is 0 Å². The van der Waals surface area contributed by atoms with E-state index in [2.05, 4.69) is 11.7 Å². The standard InChI is InChI=1S/C20H36O7S.Na/c1-3-5-7-8-9-10-11-12-13-14-16-26-19(21)17-18(28(23,24)25)20(22)27-15-6-4-2;/h4,6,18H,3,5,7-17H2,1-2H3,(H,23,24,25);/q;+1/p-1/b6-4+;. The molecule has 0 spiro atoms. The van der Waals surface area contributed by atoms with Crippen LogP contribution >= 0.6 is 0 Å². The summed E-state index contributed by atoms with van der Waals surface area (Å²) >= 11 is 0. The number of unbranched alkanes of at least 4 members (excludes halogenated alkanes) is 9. The van der Waals surface area contributed by atoms with E-state index in [1.165, 1.54) is 44.6 Å². The Morgan fingerprint density at radius 1 is 0.931 bits per heavy atom. The summed E-state index contributed by atoms with van der Waals surface area (Å²) in [7, 11) is -5.00. The summed E-state index contributed by atoms with van der Waals surface area (Å²) in [4.78, 5) is 23.5. The van der Waals surface area contributed by atoms with Crippen LogP contribution in [0.5, 0.6) is 0 Å². The summed E-state index contributed by atoms with van der Waals surface area (Å²) < 4.78 is 43.3. The van der Waals surface area contributed by atoms with Crippen molar-refractivity contribution in [2.45, 2.75) is 89.7 Å². The van der Waals surface area contributed by atoms with Gasteiger partial charge in [-0.25, -0.2) is 8.42 Å². The molecule has 0 aromatic carbocycles. The van der Waals surface area contributed by atoms with Crippen molar-refractivity contribution in [2.24, 2.45) is 0 Å². The Morgan fingerprint density at radius 3 is 1.93 bits per heavy atom. The monoisotopic (exact) mass is 442 g/mol. The fourth-order valence-corrected chi connectivity index (χ4v) is 3.25. The molecule has 164 valence electrons. The van der Waals surface area contributed by atoms with E-state index in [-0.39, 0.29) is 42.8 Å². The Kier molecular flexibility index (Phi) is 20.7. The van der Waals surface area contributed by atoms with Crippen LogP contribution in [0.1, 0.15) is 84.5 Å². The van der Waals surface area contributed by atoms with Crippen LogP contribution in [0.15, 0.2) is 12.2 Å². The number of rotatable bonds is 17. The number of allylic oxidation sites excluding steroid dienone is 1. The molecule has 0 radical (unpaired) electrons. The summed E-state index contributed by atoms with van der Waals surface area (Å²) in [6.45, 7) is 3.88. The van der Waals surface area contributed by atoms with Crippen LogP contribution in [0.3, 0.4) is 0 Å². The van der Waals surface area contributed by atoms with Crippen molar-refractivity contribution in [1.82, 2.24) is 0 Å². The van der Waals surface area contributed by atoms with Gasteiger partial charge in [-0.05, 0) is 13.3 Å². The molecular formula is C20H35NaO7S. The number of carbonyl (C=O) groups excluding carboxylic acids is 2. The third-order valence-corrected chi connectivity index (χ3v) is 5.34. The summed E-state index contributed by atoms with van der Waals surface area (Å²) in [5.74, 6) is -2.12. The van der Waals surface area contributed by atoms with E-state index < -0.39 is 33.7 Å². The predicted molar refractivity (Wildman–Crippen MR) is 107 cm³/mol. The van der Waals surface area contributed by atoms with Crippen LogP contribution in [0.2, 0.25) is 0 Å². The molecule has 0 aromatic rings. The first-order chi connectivity index (χ1) is 13.3. The number of hydrogen-bond donors (Lipinski definition) is 0. The largest absolute Gasteiger partial charge is 1.00 e. The maximum Gasteiger partial charge on any atom is 1.00 e. The molecule has 9 heteroatoms. The normalized spacial score (nSPS) is 12.4. The molecule has 0 bridgehead atoms. The van der Waals surface area contributed by atoms with Crippen LogP contribution in [-0.2, 0) is 29.2 Å². The van der Waals surface area contributed by atoms with Crippen molar-refractivity contribution in [3.8, 4) is 0 Å². The van der Waals surface area contributed by atoms with E-state index in [0.29, 0.717) is 6.42 Å². The minimum absolute atomic E-state index is 0. The van der Waals surface area contributed by atoms with Crippen LogP contribution in [0, 0.1) is 0 Å². The van der Waals surface area contributed by atoms with E-state index in [9.17, 15) is 22.6 Å². The fraction of sp³-hybridized carbons (Fsp3) is 0.800. The molecule has 7 nitrogen and oxygen atoms in total. The Morgan fingerprint density at radius 2 is 1.45 bits per heavy atom. The first-order valence-corrected chi connectivity index (χ1v) is 11.7. The maximum atomic E-state index is 11.7. The minimum atomic E-state index is -5.00. The van der Waals surface area contributed by atoms with Gasteiger partial charge in [-0.2, -0.15) is 0 Å². The zero-order chi connectivity index (χ0) is 21.3. The summed E-state index contributed by atoms with van der Waals surface area (Å²) in [6, 6.07) is 0. The molecule has 0 saturated heterocycles. The van der Waals surface area contributed by atoms with E-state index in [4.69, 9.17) is 4.74 Å². The zero-order valence-corrected chi connectivity index (χ0v) is 21.0. The van der Waals surface area contributed by atoms with E-state index >= 15 is 0 Å². The van der Waals surface area contributed by atoms with Crippen LogP contribution in [0.4, 0.5) is 0 Å². The van der Waals surface area contributed by atoms with Gasteiger partial charge in [-0.3, -0.25) is 9.59 Å². The van der Waals surface area contributed by atoms with Gasteiger partial charge >= 0.3 is 41.5 Å². The number of carbonyl (C=O) groups is 2. The first-order valence-electron chi connectivity index (χ1n) is 10.2. The Hall–Kier alpha value is -0.410. The molecule has 0 heterocycles. The molecule has 0 saturated carbocycles. The minimum Gasteiger partial charge on any atom is -0.747 e. The van der Waals surface area contributed by atoms with Crippen molar-refractivity contribution < 1.29 is 61.6 Å². The summed E-state index contributed by atoms with van der Waals surface area (Å²) in [5, 5.41) is -2.07. The second-order valence-corrected chi connectivity index (χ2v) is 8.34. The molecule has 1 atom stereocenters. The number of hydrogen-bond acceptors (Lipinski definition) is 7. The quantitative estimate of drug-likeness (QED) is 0.108. The molecule has 1 unspecified atom stereocenters. The van der Waals surface area contributed by atoms with Gasteiger partial charge in [0, 0.05) is 0 Å². The van der Waals surface area contributed by atoms with Crippen LogP contribution in [0.25, 0.3) is 0 Å². The third kappa shape index (κ3) is 18.1. The maximum absolute atomic E-state index is 11.7. The molecule has 0 aliphatic carbocycles. The Balaban J connectivity index is 0. The van der Waals surface area contributed by atoms with E-state index in [1.54, 1.807) is 13.0 Å². The van der Waals surface area contributed by atoms with Gasteiger partial charge in [0.15, 0.2) is 5.25 Å². The predicted octanol–water partition coefficient (Wildman–Crippen LogP) is 0.878. The summed E-state index contributed by atoms with van der Waals surface area (Å²) in [6.07, 6.45) is 13.6. The molecular weight excluding hydrogens is 407 g/mol. The Bertz CT molecular complexity index is 561. The van der Waals surface area contributed by atoms with Crippen molar-refractivity contribution in [1.29, 1.82) is 0 Å². The van der Waals surface area contributed by atoms with Gasteiger partial charge in [0.25, 0.3) is 0 Å². The van der Waals surface area contributed by atoms with Crippen LogP contribution < -0.4 is 29.6 Å². The van der Waals surface area contributed by atoms with Crippen molar-refractivity contribution >= 4 is 22.1 Å². The second-order valence-electron chi connectivity index (χ2n) is 6.79. The molecule has 0 fully saturated rings. The van der Waals surface area contributed by atoms with Gasteiger partial charge in [-0.1, -0.05) is 76.9 Å². The van der Waals surface area contributed by atoms with Crippen molar-refractivity contribution in [3.05, 3.63) is 12.2 Å². The van der Waals surface area contributed by atoms with Crippen molar-refractivity contribution in [2.75, 3.05) is 13.2 Å². The number of esters is 2. The molecule has 0 aliphatic heterocycles. The molecule has 0 rings (SSSR count). The molecule has 0 amide bonds. The topological polar surface area (TPSA) is 110 Å². The number of ether oxygens (including phenoxy) is 2. The molecule has 0 aromatic heterocycles. The smallest absolute Gasteiger partial charge is 0.747 e. The van der Waals surface area contributed by atoms with Gasteiger partial charge in [0.05, 0.1) is 13.0 Å². The molecule has 0 aliphatic rings. The molecule has 29 heavy (non-hydrogen) atoms. The van der Waals surface area contributed by atoms with Gasteiger partial charge in [0.1, 0.15) is 16.7 Å². The fourth-order valence-electron chi connectivity index (χ4n) is 2.61. The second kappa shape index (κ2) is 19.5. The average molecular weight is 443 g/mol. The summed E-state index contributed by atoms with van der Waals surface area (Å²) in [5.41, 5.74) is 0. The van der Waals surface area contributed by atoms with E-state index in [0.717, 1.165) is 19.3 Å². The third-order valence-electron chi connectivity index (χ3n) is 4.28. The van der Waals surface area contributed by atoms with Gasteiger partial charge in [-0.15, -0.1) is 0 Å². The SMILES string of the molecule is C/C=C/COC(=O)C(CC(=O)OCCCCCCCCCCCC)S(=O)(=O)[O-].[Na+]. The first kappa shape index (κ1) is 30.8. The Labute approximate surface area is 198 Å². The van der Waals surface area contributed by atoms with Crippen molar-refractivity contribution in [3.63, 3.8) is 0 Å². The zero-order valence-electron chi connectivity index (χ0n) is 18.2.